The third-order valence-electron chi connectivity index (χ3n) is 5.50. The Hall–Kier alpha value is -3.26. The minimum absolute atomic E-state index is 0.0853. The highest BCUT2D eigenvalue weighted by Crippen LogP contribution is 2.36. The van der Waals surface area contributed by atoms with Crippen molar-refractivity contribution in [2.24, 2.45) is 5.92 Å². The molecule has 0 aromatic carbocycles. The highest BCUT2D eigenvalue weighted by atomic mass is 32.1. The molecule has 0 bridgehead atoms. The normalized spacial score (nSPS) is 16.0. The largest absolute Gasteiger partial charge is 0.475 e. The summed E-state index contributed by atoms with van der Waals surface area (Å²) in [4.78, 5) is 36.0. The summed E-state index contributed by atoms with van der Waals surface area (Å²) in [5.74, 6) is 0.126. The Morgan fingerprint density at radius 2 is 2.20 bits per heavy atom. The van der Waals surface area contributed by atoms with E-state index < -0.39 is 5.97 Å². The monoisotopic (exact) mass is 421 g/mol. The van der Waals surface area contributed by atoms with Crippen molar-refractivity contribution in [1.29, 1.82) is 0 Å². The lowest BCUT2D eigenvalue weighted by molar-refractivity contribution is 0.0660. The van der Waals surface area contributed by atoms with E-state index in [1.54, 1.807) is 34.2 Å². The van der Waals surface area contributed by atoms with Crippen molar-refractivity contribution < 1.29 is 14.3 Å². The minimum atomic E-state index is -1.15. The highest BCUT2D eigenvalue weighted by molar-refractivity contribution is 7.18. The predicted molar refractivity (Wildman–Crippen MR) is 113 cm³/mol. The molecule has 0 saturated carbocycles. The molecule has 1 unspecified atom stereocenters. The minimum Gasteiger partial charge on any atom is -0.475 e. The van der Waals surface area contributed by atoms with Crippen LogP contribution in [0, 0.1) is 5.92 Å². The fourth-order valence-electron chi connectivity index (χ4n) is 3.99. The van der Waals surface area contributed by atoms with Gasteiger partial charge in [-0.15, -0.1) is 11.3 Å². The fourth-order valence-corrected chi connectivity index (χ4v) is 5.37. The van der Waals surface area contributed by atoms with Gasteiger partial charge in [-0.1, -0.05) is 13.0 Å². The third-order valence-corrected chi connectivity index (χ3v) is 6.64. The molecular weight excluding hydrogens is 402 g/mol. The summed E-state index contributed by atoms with van der Waals surface area (Å²) in [6.07, 6.45) is 4.56. The Labute approximate surface area is 175 Å². The molecule has 0 fully saturated rings. The van der Waals surface area contributed by atoms with E-state index in [-0.39, 0.29) is 17.9 Å². The van der Waals surface area contributed by atoms with E-state index >= 15 is 0 Å². The van der Waals surface area contributed by atoms with E-state index in [1.165, 1.54) is 10.9 Å². The third kappa shape index (κ3) is 3.13. The van der Waals surface area contributed by atoms with Crippen LogP contribution in [0.5, 0.6) is 0 Å². The SMILES string of the molecule is CC1CCc2c(sc3nc(-c4ccccn4)n(Cc4ccc(C(=O)O)o4)c(=O)c23)C1. The van der Waals surface area contributed by atoms with Crippen LogP contribution in [0.1, 0.15) is 40.1 Å². The molecule has 4 aromatic heterocycles. The average Bonchev–Trinajstić information content (AvgIpc) is 3.34. The number of aryl methyl sites for hydroxylation is 1. The van der Waals surface area contributed by atoms with E-state index in [0.29, 0.717) is 28.6 Å². The molecule has 1 atom stereocenters. The van der Waals surface area contributed by atoms with Crippen LogP contribution in [-0.2, 0) is 19.4 Å². The standard InChI is InChI=1S/C22H19N3O4S/c1-12-5-7-14-17(10-12)30-20-18(14)21(26)25(11-13-6-8-16(29-13)22(27)28)19(24-20)15-4-2-3-9-23-15/h2-4,6,8-9,12H,5,7,10-11H2,1H3,(H,27,28). The lowest BCUT2D eigenvalue weighted by Crippen LogP contribution is -2.25. The number of thiophene rings is 1. The van der Waals surface area contributed by atoms with Gasteiger partial charge in [-0.25, -0.2) is 9.78 Å². The van der Waals surface area contributed by atoms with Crippen molar-refractivity contribution >= 4 is 27.5 Å². The number of carbonyl (C=O) groups is 1. The van der Waals surface area contributed by atoms with Crippen LogP contribution in [0.25, 0.3) is 21.7 Å². The van der Waals surface area contributed by atoms with Crippen molar-refractivity contribution in [1.82, 2.24) is 14.5 Å². The zero-order valence-electron chi connectivity index (χ0n) is 16.3. The van der Waals surface area contributed by atoms with Gasteiger partial charge in [-0.2, -0.15) is 0 Å². The van der Waals surface area contributed by atoms with Crippen molar-refractivity contribution in [3.8, 4) is 11.5 Å². The quantitative estimate of drug-likeness (QED) is 0.535. The second kappa shape index (κ2) is 7.21. The van der Waals surface area contributed by atoms with Gasteiger partial charge < -0.3 is 9.52 Å². The van der Waals surface area contributed by atoms with Crippen molar-refractivity contribution in [2.75, 3.05) is 0 Å². The molecule has 7 nitrogen and oxygen atoms in total. The van der Waals surface area contributed by atoms with Crippen LogP contribution in [0.4, 0.5) is 0 Å². The van der Waals surface area contributed by atoms with E-state index in [1.807, 2.05) is 12.1 Å². The molecular formula is C22H19N3O4S. The molecule has 4 aromatic rings. The maximum absolute atomic E-state index is 13.6. The molecule has 4 heterocycles. The number of pyridine rings is 1. The molecule has 1 aliphatic carbocycles. The Balaban J connectivity index is 1.72. The number of hydrogen-bond acceptors (Lipinski definition) is 6. The van der Waals surface area contributed by atoms with Gasteiger partial charge in [-0.05, 0) is 55.0 Å². The first-order valence-corrected chi connectivity index (χ1v) is 10.6. The maximum Gasteiger partial charge on any atom is 0.371 e. The first kappa shape index (κ1) is 18.7. The smallest absolute Gasteiger partial charge is 0.371 e. The molecule has 0 amide bonds. The Bertz CT molecular complexity index is 1320. The summed E-state index contributed by atoms with van der Waals surface area (Å²) in [6, 6.07) is 8.43. The number of fused-ring (bicyclic) bond motifs is 3. The average molecular weight is 421 g/mol. The molecule has 30 heavy (non-hydrogen) atoms. The number of aromatic carboxylic acids is 1. The first-order chi connectivity index (χ1) is 14.5. The molecule has 0 saturated heterocycles. The zero-order valence-corrected chi connectivity index (χ0v) is 17.1. The van der Waals surface area contributed by atoms with E-state index in [4.69, 9.17) is 14.5 Å². The summed E-state index contributed by atoms with van der Waals surface area (Å²) in [5, 5.41) is 9.81. The molecule has 152 valence electrons. The summed E-state index contributed by atoms with van der Waals surface area (Å²) < 4.78 is 6.95. The van der Waals surface area contributed by atoms with E-state index in [9.17, 15) is 9.59 Å². The molecule has 1 aliphatic rings. The lowest BCUT2D eigenvalue weighted by atomic mass is 9.89. The highest BCUT2D eigenvalue weighted by Gasteiger charge is 2.25. The van der Waals surface area contributed by atoms with Crippen LogP contribution in [0.3, 0.4) is 0 Å². The van der Waals surface area contributed by atoms with Gasteiger partial charge in [0.1, 0.15) is 16.3 Å². The maximum atomic E-state index is 13.6. The number of furan rings is 1. The Kier molecular flexibility index (Phi) is 4.51. The number of carboxylic acids is 1. The molecule has 0 spiro atoms. The van der Waals surface area contributed by atoms with Crippen LogP contribution in [-0.4, -0.2) is 25.6 Å². The topological polar surface area (TPSA) is 98.2 Å². The van der Waals surface area contributed by atoms with Crippen LogP contribution >= 0.6 is 11.3 Å². The second-order valence-corrected chi connectivity index (χ2v) is 8.73. The zero-order chi connectivity index (χ0) is 20.8. The van der Waals surface area contributed by atoms with Crippen molar-refractivity contribution in [3.05, 3.63) is 68.8 Å². The molecule has 0 aliphatic heterocycles. The number of nitrogens with zero attached hydrogens (tertiary/aromatic N) is 3. The van der Waals surface area contributed by atoms with Gasteiger partial charge in [0.15, 0.2) is 5.82 Å². The summed E-state index contributed by atoms with van der Waals surface area (Å²) in [7, 11) is 0. The summed E-state index contributed by atoms with van der Waals surface area (Å²) in [6.45, 7) is 2.32. The summed E-state index contributed by atoms with van der Waals surface area (Å²) >= 11 is 1.60. The predicted octanol–water partition coefficient (Wildman–Crippen LogP) is 3.98. The number of carboxylic acid groups (broad SMARTS) is 1. The van der Waals surface area contributed by atoms with E-state index in [2.05, 4.69) is 11.9 Å². The van der Waals surface area contributed by atoms with Gasteiger partial charge in [0.05, 0.1) is 11.9 Å². The lowest BCUT2D eigenvalue weighted by Gasteiger charge is -2.17. The molecule has 8 heteroatoms. The van der Waals surface area contributed by atoms with Crippen LogP contribution in [0.2, 0.25) is 0 Å². The number of hydrogen-bond donors (Lipinski definition) is 1. The molecule has 1 N–H and O–H groups in total. The van der Waals surface area contributed by atoms with Crippen LogP contribution in [0.15, 0.2) is 45.7 Å². The Morgan fingerprint density at radius 3 is 2.93 bits per heavy atom. The van der Waals surface area contributed by atoms with Crippen LogP contribution < -0.4 is 5.56 Å². The molecule has 0 radical (unpaired) electrons. The second-order valence-electron chi connectivity index (χ2n) is 7.64. The number of rotatable bonds is 4. The van der Waals surface area contributed by atoms with Gasteiger partial charge in [0.25, 0.3) is 5.56 Å². The van der Waals surface area contributed by atoms with Gasteiger partial charge >= 0.3 is 5.97 Å². The van der Waals surface area contributed by atoms with Gasteiger partial charge in [0.2, 0.25) is 5.76 Å². The summed E-state index contributed by atoms with van der Waals surface area (Å²) in [5.41, 5.74) is 1.56. The van der Waals surface area contributed by atoms with E-state index in [0.717, 1.165) is 29.7 Å². The first-order valence-electron chi connectivity index (χ1n) is 9.79. The van der Waals surface area contributed by atoms with Gasteiger partial charge in [0, 0.05) is 11.1 Å². The Morgan fingerprint density at radius 1 is 1.33 bits per heavy atom. The van der Waals surface area contributed by atoms with Crippen molar-refractivity contribution in [3.63, 3.8) is 0 Å². The van der Waals surface area contributed by atoms with Crippen molar-refractivity contribution in [2.45, 2.75) is 32.7 Å². The molecule has 5 rings (SSSR count). The number of aromatic nitrogens is 3. The van der Waals surface area contributed by atoms with Gasteiger partial charge in [-0.3, -0.25) is 14.3 Å². The fraction of sp³-hybridized carbons (Fsp3) is 0.273.